The Hall–Kier alpha value is 0.660. The van der Waals surface area contributed by atoms with E-state index in [9.17, 15) is 0 Å². The average molecular weight is 222 g/mol. The third kappa shape index (κ3) is 10.6. The van der Waals surface area contributed by atoms with Crippen LogP contribution < -0.4 is 0 Å². The average Bonchev–Trinajstić information content (AvgIpc) is 2.11. The van der Waals surface area contributed by atoms with Crippen LogP contribution >= 0.6 is 24.4 Å². The van der Waals surface area contributed by atoms with E-state index in [1.807, 2.05) is 11.8 Å². The van der Waals surface area contributed by atoms with Gasteiger partial charge in [0.05, 0.1) is 0 Å². The van der Waals surface area contributed by atoms with Crippen molar-refractivity contribution in [2.75, 3.05) is 18.1 Å². The van der Waals surface area contributed by atoms with Crippen LogP contribution in [-0.2, 0) is 0 Å². The fourth-order valence-corrected chi connectivity index (χ4v) is 2.53. The largest absolute Gasteiger partial charge is 0.396 e. The summed E-state index contributed by atoms with van der Waals surface area (Å²) >= 11 is 6.34. The topological polar surface area (TPSA) is 20.2 Å². The number of aliphatic hydroxyl groups is 1. The van der Waals surface area contributed by atoms with Crippen molar-refractivity contribution in [3.8, 4) is 0 Å². The summed E-state index contributed by atoms with van der Waals surface area (Å²) in [6, 6.07) is 0. The Morgan fingerprint density at radius 3 is 2.69 bits per heavy atom. The standard InChI is InChI=1S/C10H22OS2/c1-2-3-4-5-8-13-9-10(12)6-7-11/h10-12H,2-9H2,1H3. The van der Waals surface area contributed by atoms with Crippen molar-refractivity contribution in [2.45, 2.75) is 44.3 Å². The summed E-state index contributed by atoms with van der Waals surface area (Å²) in [4.78, 5) is 0. The van der Waals surface area contributed by atoms with Gasteiger partial charge in [-0.25, -0.2) is 0 Å². The molecule has 0 amide bonds. The Balaban J connectivity index is 2.97. The second-order valence-electron chi connectivity index (χ2n) is 3.30. The maximum Gasteiger partial charge on any atom is 0.0441 e. The van der Waals surface area contributed by atoms with Gasteiger partial charge in [0.25, 0.3) is 0 Å². The van der Waals surface area contributed by atoms with Gasteiger partial charge >= 0.3 is 0 Å². The highest BCUT2D eigenvalue weighted by molar-refractivity contribution is 8.00. The second-order valence-corrected chi connectivity index (χ2v) is 5.18. The molecule has 0 saturated heterocycles. The van der Waals surface area contributed by atoms with Crippen LogP contribution in [0.15, 0.2) is 0 Å². The first-order chi connectivity index (χ1) is 6.31. The van der Waals surface area contributed by atoms with Gasteiger partial charge in [0.2, 0.25) is 0 Å². The molecule has 80 valence electrons. The molecule has 0 aliphatic heterocycles. The second kappa shape index (κ2) is 10.7. The van der Waals surface area contributed by atoms with Crippen molar-refractivity contribution in [3.63, 3.8) is 0 Å². The minimum absolute atomic E-state index is 0.268. The maximum atomic E-state index is 8.65. The molecule has 0 aromatic rings. The molecule has 0 fully saturated rings. The van der Waals surface area contributed by atoms with Gasteiger partial charge in [-0.3, -0.25) is 0 Å². The molecule has 0 spiro atoms. The fourth-order valence-electron chi connectivity index (χ4n) is 1.08. The Morgan fingerprint density at radius 1 is 1.31 bits per heavy atom. The predicted molar refractivity (Wildman–Crippen MR) is 65.9 cm³/mol. The van der Waals surface area contributed by atoms with Crippen LogP contribution in [0.4, 0.5) is 0 Å². The molecule has 0 bridgehead atoms. The fraction of sp³-hybridized carbons (Fsp3) is 1.00. The van der Waals surface area contributed by atoms with E-state index in [1.54, 1.807) is 0 Å². The minimum atomic E-state index is 0.268. The lowest BCUT2D eigenvalue weighted by Crippen LogP contribution is -2.05. The molecule has 0 aromatic heterocycles. The van der Waals surface area contributed by atoms with Gasteiger partial charge in [-0.2, -0.15) is 24.4 Å². The number of thiol groups is 1. The van der Waals surface area contributed by atoms with Crippen LogP contribution in [-0.4, -0.2) is 28.5 Å². The zero-order chi connectivity index (χ0) is 9.94. The first kappa shape index (κ1) is 13.7. The zero-order valence-electron chi connectivity index (χ0n) is 8.54. The third-order valence-corrected chi connectivity index (χ3v) is 3.82. The summed E-state index contributed by atoms with van der Waals surface area (Å²) in [7, 11) is 0. The highest BCUT2D eigenvalue weighted by Crippen LogP contribution is 2.13. The van der Waals surface area contributed by atoms with Gasteiger partial charge in [-0.1, -0.05) is 26.2 Å². The molecule has 3 heteroatoms. The van der Waals surface area contributed by atoms with E-state index in [0.717, 1.165) is 12.2 Å². The van der Waals surface area contributed by atoms with E-state index < -0.39 is 0 Å². The summed E-state index contributed by atoms with van der Waals surface area (Å²) in [6.07, 6.45) is 6.19. The highest BCUT2D eigenvalue weighted by atomic mass is 32.2. The zero-order valence-corrected chi connectivity index (χ0v) is 10.2. The molecule has 0 aliphatic rings. The third-order valence-electron chi connectivity index (χ3n) is 1.91. The minimum Gasteiger partial charge on any atom is -0.396 e. The Labute approximate surface area is 92.1 Å². The molecular formula is C10H22OS2. The molecule has 0 saturated carbocycles. The number of aliphatic hydroxyl groups excluding tert-OH is 1. The SMILES string of the molecule is CCCCCCSCC(S)CCO. The van der Waals surface area contributed by atoms with Crippen LogP contribution in [0.5, 0.6) is 0 Å². The van der Waals surface area contributed by atoms with Crippen LogP contribution in [0.3, 0.4) is 0 Å². The van der Waals surface area contributed by atoms with E-state index in [-0.39, 0.29) is 6.61 Å². The smallest absolute Gasteiger partial charge is 0.0441 e. The molecule has 0 aliphatic carbocycles. The van der Waals surface area contributed by atoms with Gasteiger partial charge in [0.1, 0.15) is 0 Å². The lowest BCUT2D eigenvalue weighted by atomic mass is 10.2. The van der Waals surface area contributed by atoms with Crippen molar-refractivity contribution in [2.24, 2.45) is 0 Å². The number of rotatable bonds is 9. The first-order valence-corrected chi connectivity index (χ1v) is 6.85. The van der Waals surface area contributed by atoms with E-state index in [2.05, 4.69) is 19.6 Å². The van der Waals surface area contributed by atoms with Crippen molar-refractivity contribution in [1.82, 2.24) is 0 Å². The monoisotopic (exact) mass is 222 g/mol. The number of hydrogen-bond acceptors (Lipinski definition) is 3. The predicted octanol–water partition coefficient (Wildman–Crippen LogP) is 2.98. The number of unbranched alkanes of at least 4 members (excludes halogenated alkanes) is 3. The number of hydrogen-bond donors (Lipinski definition) is 2. The molecular weight excluding hydrogens is 200 g/mol. The van der Waals surface area contributed by atoms with Crippen molar-refractivity contribution in [1.29, 1.82) is 0 Å². The molecule has 1 unspecified atom stereocenters. The molecule has 0 heterocycles. The summed E-state index contributed by atoms with van der Waals surface area (Å²) in [6.45, 7) is 2.50. The van der Waals surface area contributed by atoms with Crippen LogP contribution in [0.2, 0.25) is 0 Å². The lowest BCUT2D eigenvalue weighted by Gasteiger charge is -2.07. The Bertz CT molecular complexity index is 98.9. The van der Waals surface area contributed by atoms with Crippen LogP contribution in [0.25, 0.3) is 0 Å². The van der Waals surface area contributed by atoms with Gasteiger partial charge in [-0.15, -0.1) is 0 Å². The summed E-state index contributed by atoms with van der Waals surface area (Å²) < 4.78 is 0. The Kier molecular flexibility index (Phi) is 11.3. The first-order valence-electron chi connectivity index (χ1n) is 5.18. The highest BCUT2D eigenvalue weighted by Gasteiger charge is 2.01. The summed E-state index contributed by atoms with van der Waals surface area (Å²) in [5, 5.41) is 9.03. The normalized spacial score (nSPS) is 13.2. The van der Waals surface area contributed by atoms with Gasteiger partial charge < -0.3 is 5.11 Å². The van der Waals surface area contributed by atoms with Crippen LogP contribution in [0, 0.1) is 0 Å². The maximum absolute atomic E-state index is 8.65. The summed E-state index contributed by atoms with van der Waals surface area (Å²) in [5.41, 5.74) is 0. The van der Waals surface area contributed by atoms with E-state index >= 15 is 0 Å². The van der Waals surface area contributed by atoms with Crippen molar-refractivity contribution < 1.29 is 5.11 Å². The molecule has 1 nitrogen and oxygen atoms in total. The van der Waals surface area contributed by atoms with Gasteiger partial charge in [0, 0.05) is 17.6 Å². The number of thioether (sulfide) groups is 1. The van der Waals surface area contributed by atoms with E-state index in [4.69, 9.17) is 5.11 Å². The molecule has 13 heavy (non-hydrogen) atoms. The molecule has 1 atom stereocenters. The van der Waals surface area contributed by atoms with Gasteiger partial charge in [-0.05, 0) is 18.6 Å². The lowest BCUT2D eigenvalue weighted by molar-refractivity contribution is 0.289. The van der Waals surface area contributed by atoms with Crippen molar-refractivity contribution in [3.05, 3.63) is 0 Å². The van der Waals surface area contributed by atoms with E-state index in [0.29, 0.717) is 5.25 Å². The van der Waals surface area contributed by atoms with Crippen LogP contribution in [0.1, 0.15) is 39.0 Å². The molecule has 0 rings (SSSR count). The molecule has 1 N–H and O–H groups in total. The Morgan fingerprint density at radius 2 is 2.08 bits per heavy atom. The quantitative estimate of drug-likeness (QED) is 0.462. The van der Waals surface area contributed by atoms with Gasteiger partial charge in [0.15, 0.2) is 0 Å². The van der Waals surface area contributed by atoms with Crippen molar-refractivity contribution >= 4 is 24.4 Å². The molecule has 0 aromatic carbocycles. The van der Waals surface area contributed by atoms with E-state index in [1.165, 1.54) is 31.4 Å². The molecule has 0 radical (unpaired) electrons. The summed E-state index contributed by atoms with van der Waals surface area (Å²) in [5.74, 6) is 2.33.